The molecule has 0 amide bonds. The summed E-state index contributed by atoms with van der Waals surface area (Å²) >= 11 is 0. The molecular weight excluding hydrogens is 330 g/mol. The van der Waals surface area contributed by atoms with Crippen LogP contribution in [0.5, 0.6) is 5.75 Å². The van der Waals surface area contributed by atoms with Crippen molar-refractivity contribution in [2.24, 2.45) is 0 Å². The van der Waals surface area contributed by atoms with Gasteiger partial charge in [0.05, 0.1) is 18.3 Å². The number of hydrogen-bond acceptors (Lipinski definition) is 7. The van der Waals surface area contributed by atoms with Gasteiger partial charge in [0.2, 0.25) is 5.95 Å². The molecule has 1 aromatic carbocycles. The third kappa shape index (κ3) is 3.52. The first-order valence-corrected chi connectivity index (χ1v) is 8.72. The van der Waals surface area contributed by atoms with E-state index < -0.39 is 0 Å². The van der Waals surface area contributed by atoms with Crippen molar-refractivity contribution in [3.8, 4) is 5.75 Å². The summed E-state index contributed by atoms with van der Waals surface area (Å²) in [6.07, 6.45) is 2.99. The summed E-state index contributed by atoms with van der Waals surface area (Å²) in [4.78, 5) is 12.9. The Kier molecular flexibility index (Phi) is 4.53. The number of aromatic nitrogens is 3. The molecule has 3 aromatic rings. The van der Waals surface area contributed by atoms with Crippen LogP contribution in [0.25, 0.3) is 10.9 Å². The fourth-order valence-corrected chi connectivity index (χ4v) is 3.15. The van der Waals surface area contributed by atoms with Gasteiger partial charge >= 0.3 is 0 Å². The highest BCUT2D eigenvalue weighted by molar-refractivity contribution is 5.84. The minimum absolute atomic E-state index is 0.227. The quantitative estimate of drug-likeness (QED) is 0.585. The Hall–Kier alpha value is -2.93. The molecular formula is C19H21N5O2. The zero-order chi connectivity index (χ0) is 17.9. The number of pyridine rings is 1. The van der Waals surface area contributed by atoms with E-state index in [1.807, 2.05) is 36.4 Å². The summed E-state index contributed by atoms with van der Waals surface area (Å²) in [5.74, 6) is 1.93. The number of rotatable bonds is 6. The number of para-hydroxylation sites is 1. The number of ether oxygens (including phenoxy) is 1. The summed E-state index contributed by atoms with van der Waals surface area (Å²) in [6.45, 7) is 1.05. The van der Waals surface area contributed by atoms with Crippen molar-refractivity contribution in [1.82, 2.24) is 15.0 Å². The zero-order valence-electron chi connectivity index (χ0n) is 14.3. The van der Waals surface area contributed by atoms with Gasteiger partial charge in [0.15, 0.2) is 0 Å². The minimum Gasteiger partial charge on any atom is -0.489 e. The van der Waals surface area contributed by atoms with E-state index in [2.05, 4.69) is 20.3 Å². The molecule has 4 N–H and O–H groups in total. The van der Waals surface area contributed by atoms with Crippen LogP contribution in [0.4, 0.5) is 11.8 Å². The maximum Gasteiger partial charge on any atom is 0.222 e. The van der Waals surface area contributed by atoms with Gasteiger partial charge in [-0.25, -0.2) is 4.98 Å². The van der Waals surface area contributed by atoms with Crippen LogP contribution in [0, 0.1) is 0 Å². The molecule has 4 rings (SSSR count). The number of aliphatic hydroxyl groups is 1. The molecule has 2 aromatic heterocycles. The summed E-state index contributed by atoms with van der Waals surface area (Å²) in [5, 5.41) is 13.7. The molecule has 1 aliphatic rings. The molecule has 1 fully saturated rings. The number of aliphatic hydroxyl groups excluding tert-OH is 1. The van der Waals surface area contributed by atoms with E-state index in [-0.39, 0.29) is 18.0 Å². The van der Waals surface area contributed by atoms with Crippen molar-refractivity contribution in [3.05, 3.63) is 48.3 Å². The van der Waals surface area contributed by atoms with Crippen LogP contribution in [0.3, 0.4) is 0 Å². The molecule has 7 nitrogen and oxygen atoms in total. The van der Waals surface area contributed by atoms with Crippen LogP contribution in [-0.2, 0) is 0 Å². The second-order valence-corrected chi connectivity index (χ2v) is 6.46. The third-order valence-corrected chi connectivity index (χ3v) is 4.56. The van der Waals surface area contributed by atoms with E-state index in [0.29, 0.717) is 19.0 Å². The number of benzene rings is 1. The first kappa shape index (κ1) is 16.5. The highest BCUT2D eigenvalue weighted by Crippen LogP contribution is 2.36. The van der Waals surface area contributed by atoms with E-state index in [1.54, 1.807) is 6.20 Å². The molecule has 0 spiro atoms. The van der Waals surface area contributed by atoms with Crippen molar-refractivity contribution in [1.29, 1.82) is 0 Å². The summed E-state index contributed by atoms with van der Waals surface area (Å²) in [5.41, 5.74) is 7.54. The van der Waals surface area contributed by atoms with Gasteiger partial charge < -0.3 is 20.9 Å². The summed E-state index contributed by atoms with van der Waals surface area (Å²) in [6, 6.07) is 11.7. The van der Waals surface area contributed by atoms with Crippen LogP contribution in [0.1, 0.15) is 24.5 Å². The van der Waals surface area contributed by atoms with E-state index in [9.17, 15) is 5.11 Å². The predicted molar refractivity (Wildman–Crippen MR) is 100 cm³/mol. The smallest absolute Gasteiger partial charge is 0.222 e. The van der Waals surface area contributed by atoms with E-state index in [4.69, 9.17) is 10.5 Å². The topological polar surface area (TPSA) is 106 Å². The predicted octanol–water partition coefficient (Wildman–Crippen LogP) is 2.34. The molecule has 0 aliphatic heterocycles. The molecule has 134 valence electrons. The Balaban J connectivity index is 1.36. The maximum absolute atomic E-state index is 9.46. The highest BCUT2D eigenvalue weighted by Gasteiger charge is 2.30. The van der Waals surface area contributed by atoms with E-state index >= 15 is 0 Å². The Morgan fingerprint density at radius 2 is 2.04 bits per heavy atom. The molecule has 0 atom stereocenters. The largest absolute Gasteiger partial charge is 0.489 e. The van der Waals surface area contributed by atoms with Crippen molar-refractivity contribution >= 4 is 22.7 Å². The molecule has 0 radical (unpaired) electrons. The number of nitrogens with two attached hydrogens (primary N) is 1. The minimum atomic E-state index is -0.227. The fourth-order valence-electron chi connectivity index (χ4n) is 3.15. The van der Waals surface area contributed by atoms with Crippen LogP contribution in [0.15, 0.2) is 42.6 Å². The lowest BCUT2D eigenvalue weighted by molar-refractivity contribution is 0.0732. The van der Waals surface area contributed by atoms with Crippen molar-refractivity contribution in [3.63, 3.8) is 0 Å². The van der Waals surface area contributed by atoms with Gasteiger partial charge in [-0.1, -0.05) is 18.2 Å². The second kappa shape index (κ2) is 7.13. The molecule has 7 heteroatoms. The van der Waals surface area contributed by atoms with Gasteiger partial charge in [-0.3, -0.25) is 4.98 Å². The molecule has 0 unspecified atom stereocenters. The van der Waals surface area contributed by atoms with Gasteiger partial charge in [0, 0.05) is 23.6 Å². The number of nitrogen functional groups attached to an aromatic ring is 1. The lowest BCUT2D eigenvalue weighted by atomic mass is 9.80. The van der Waals surface area contributed by atoms with Crippen molar-refractivity contribution < 1.29 is 9.84 Å². The molecule has 0 bridgehead atoms. The molecule has 1 aliphatic carbocycles. The van der Waals surface area contributed by atoms with Gasteiger partial charge in [0.1, 0.15) is 23.7 Å². The van der Waals surface area contributed by atoms with Crippen LogP contribution in [0.2, 0.25) is 0 Å². The first-order valence-electron chi connectivity index (χ1n) is 8.72. The lowest BCUT2D eigenvalue weighted by Gasteiger charge is -2.30. The van der Waals surface area contributed by atoms with Crippen LogP contribution in [-0.4, -0.2) is 39.3 Å². The SMILES string of the molecule is Nc1nc(NCCOc2cccc3cccnc23)cc(C2CC(O)C2)n1. The Bertz CT molecular complexity index is 906. The first-order chi connectivity index (χ1) is 12.7. The van der Waals surface area contributed by atoms with Gasteiger partial charge in [-0.2, -0.15) is 4.98 Å². The van der Waals surface area contributed by atoms with Crippen LogP contribution >= 0.6 is 0 Å². The number of nitrogens with one attached hydrogen (secondary N) is 1. The second-order valence-electron chi connectivity index (χ2n) is 6.46. The average molecular weight is 351 g/mol. The molecule has 0 saturated heterocycles. The maximum atomic E-state index is 9.46. The van der Waals surface area contributed by atoms with E-state index in [0.717, 1.165) is 35.2 Å². The van der Waals surface area contributed by atoms with E-state index in [1.165, 1.54) is 0 Å². The summed E-state index contributed by atoms with van der Waals surface area (Å²) in [7, 11) is 0. The molecule has 26 heavy (non-hydrogen) atoms. The van der Waals surface area contributed by atoms with Gasteiger partial charge in [-0.05, 0) is 25.0 Å². The normalized spacial score (nSPS) is 19.1. The lowest BCUT2D eigenvalue weighted by Crippen LogP contribution is -2.27. The van der Waals surface area contributed by atoms with Gasteiger partial charge in [0.25, 0.3) is 0 Å². The monoisotopic (exact) mass is 351 g/mol. The third-order valence-electron chi connectivity index (χ3n) is 4.56. The Labute approximate surface area is 151 Å². The van der Waals surface area contributed by atoms with Gasteiger partial charge in [-0.15, -0.1) is 0 Å². The standard InChI is InChI=1S/C19H21N5O2/c20-19-23-15(13-9-14(25)10-13)11-17(24-19)21-7-8-26-16-5-1-3-12-4-2-6-22-18(12)16/h1-6,11,13-14,25H,7-10H2,(H3,20,21,23,24). The number of nitrogens with zero attached hydrogens (tertiary/aromatic N) is 3. The number of fused-ring (bicyclic) bond motifs is 1. The highest BCUT2D eigenvalue weighted by atomic mass is 16.5. The Morgan fingerprint density at radius 1 is 1.19 bits per heavy atom. The molecule has 1 saturated carbocycles. The summed E-state index contributed by atoms with van der Waals surface area (Å²) < 4.78 is 5.86. The zero-order valence-corrected chi connectivity index (χ0v) is 14.3. The molecule has 2 heterocycles. The van der Waals surface area contributed by atoms with Crippen molar-refractivity contribution in [2.45, 2.75) is 24.9 Å². The number of anilines is 2. The van der Waals surface area contributed by atoms with Crippen LogP contribution < -0.4 is 15.8 Å². The number of hydrogen-bond donors (Lipinski definition) is 3. The average Bonchev–Trinajstić information content (AvgIpc) is 2.62. The van der Waals surface area contributed by atoms with Crippen molar-refractivity contribution in [2.75, 3.05) is 24.2 Å². The fraction of sp³-hybridized carbons (Fsp3) is 0.316. The Morgan fingerprint density at radius 3 is 2.88 bits per heavy atom.